The Morgan fingerprint density at radius 2 is 1.48 bits per heavy atom. The number of aromatic amines is 1. The average molecular weight is 332 g/mol. The van der Waals surface area contributed by atoms with Crippen LogP contribution in [0, 0.1) is 0 Å². The van der Waals surface area contributed by atoms with Crippen molar-refractivity contribution in [3.8, 4) is 0 Å². The fourth-order valence-electron chi connectivity index (χ4n) is 3.13. The van der Waals surface area contributed by atoms with Crippen LogP contribution >= 0.6 is 0 Å². The molecular formula is C19H16N4O2. The normalized spacial score (nSPS) is 11.3. The lowest BCUT2D eigenvalue weighted by atomic mass is 9.98. The van der Waals surface area contributed by atoms with Crippen LogP contribution in [0.2, 0.25) is 0 Å². The maximum absolute atomic E-state index is 13.0. The van der Waals surface area contributed by atoms with E-state index in [2.05, 4.69) is 9.97 Å². The lowest BCUT2D eigenvalue weighted by Gasteiger charge is -2.22. The molecule has 0 fully saturated rings. The molecule has 0 atom stereocenters. The predicted molar refractivity (Wildman–Crippen MR) is 95.7 cm³/mol. The molecule has 0 aliphatic rings. The van der Waals surface area contributed by atoms with E-state index in [9.17, 15) is 9.59 Å². The van der Waals surface area contributed by atoms with Crippen molar-refractivity contribution in [3.63, 3.8) is 0 Å². The van der Waals surface area contributed by atoms with Crippen LogP contribution in [0.3, 0.4) is 0 Å². The Labute approximate surface area is 143 Å². The number of H-pyrrole nitrogens is 1. The molecule has 2 aromatic heterocycles. The summed E-state index contributed by atoms with van der Waals surface area (Å²) >= 11 is 0. The largest absolute Gasteiger partial charge is 0.339 e. The van der Waals surface area contributed by atoms with Crippen LogP contribution in [-0.4, -0.2) is 19.1 Å². The first-order valence-electron chi connectivity index (χ1n) is 7.93. The highest BCUT2D eigenvalue weighted by Crippen LogP contribution is 2.26. The number of aromatic nitrogens is 4. The van der Waals surface area contributed by atoms with E-state index in [1.807, 2.05) is 60.7 Å². The minimum absolute atomic E-state index is 0.318. The summed E-state index contributed by atoms with van der Waals surface area (Å²) in [5, 5.41) is 0. The summed E-state index contributed by atoms with van der Waals surface area (Å²) in [7, 11) is 1.48. The first-order valence-corrected chi connectivity index (χ1v) is 7.93. The maximum Gasteiger partial charge on any atom is 0.333 e. The zero-order valence-corrected chi connectivity index (χ0v) is 13.6. The van der Waals surface area contributed by atoms with Gasteiger partial charge in [-0.3, -0.25) is 13.9 Å². The molecule has 6 nitrogen and oxygen atoms in total. The van der Waals surface area contributed by atoms with Gasteiger partial charge in [-0.15, -0.1) is 0 Å². The fourth-order valence-corrected chi connectivity index (χ4v) is 3.13. The SMILES string of the molecule is Cn1c(=O)c2[nH]cnc2n(C(c2ccccc2)c2ccccc2)c1=O. The van der Waals surface area contributed by atoms with Gasteiger partial charge in [-0.2, -0.15) is 0 Å². The zero-order chi connectivity index (χ0) is 17.4. The van der Waals surface area contributed by atoms with Crippen molar-refractivity contribution in [2.45, 2.75) is 6.04 Å². The lowest BCUT2D eigenvalue weighted by molar-refractivity contribution is 0.606. The predicted octanol–water partition coefficient (Wildman–Crippen LogP) is 2.06. The summed E-state index contributed by atoms with van der Waals surface area (Å²) in [4.78, 5) is 32.4. The van der Waals surface area contributed by atoms with Crippen molar-refractivity contribution in [3.05, 3.63) is 99.0 Å². The zero-order valence-electron chi connectivity index (χ0n) is 13.6. The number of nitrogens with zero attached hydrogens (tertiary/aromatic N) is 3. The van der Waals surface area contributed by atoms with Gasteiger partial charge in [0.25, 0.3) is 5.56 Å². The quantitative estimate of drug-likeness (QED) is 0.624. The summed E-state index contributed by atoms with van der Waals surface area (Å²) in [6.07, 6.45) is 1.44. The standard InChI is InChI=1S/C19H16N4O2/c1-22-18(24)15-17(21-12-20-15)23(19(22)25)16(13-8-4-2-5-9-13)14-10-6-3-7-11-14/h2-12,16H,1H3,(H,20,21). The van der Waals surface area contributed by atoms with Crippen LogP contribution in [0.15, 0.2) is 76.6 Å². The average Bonchev–Trinajstić information content (AvgIpc) is 3.14. The number of fused-ring (bicyclic) bond motifs is 1. The topological polar surface area (TPSA) is 72.7 Å². The van der Waals surface area contributed by atoms with Crippen LogP contribution in [0.25, 0.3) is 11.2 Å². The van der Waals surface area contributed by atoms with E-state index in [-0.39, 0.29) is 11.6 Å². The minimum Gasteiger partial charge on any atom is -0.339 e. The monoisotopic (exact) mass is 332 g/mol. The Kier molecular flexibility index (Phi) is 3.57. The molecule has 0 radical (unpaired) electrons. The lowest BCUT2D eigenvalue weighted by Crippen LogP contribution is -2.40. The summed E-state index contributed by atoms with van der Waals surface area (Å²) in [6, 6.07) is 19.1. The molecule has 0 unspecified atom stereocenters. The van der Waals surface area contributed by atoms with Crippen LogP contribution in [-0.2, 0) is 7.05 Å². The summed E-state index contributed by atoms with van der Waals surface area (Å²) in [6.45, 7) is 0. The van der Waals surface area contributed by atoms with E-state index in [1.165, 1.54) is 13.4 Å². The first kappa shape index (κ1) is 15.1. The number of hydrogen-bond donors (Lipinski definition) is 1. The highest BCUT2D eigenvalue weighted by Gasteiger charge is 2.23. The van der Waals surface area contributed by atoms with Gasteiger partial charge in [0.15, 0.2) is 5.65 Å². The highest BCUT2D eigenvalue weighted by molar-refractivity contribution is 5.69. The number of rotatable bonds is 3. The van der Waals surface area contributed by atoms with Crippen molar-refractivity contribution in [2.24, 2.45) is 7.05 Å². The van der Waals surface area contributed by atoms with Gasteiger partial charge in [-0.1, -0.05) is 60.7 Å². The van der Waals surface area contributed by atoms with E-state index in [4.69, 9.17) is 0 Å². The Morgan fingerprint density at radius 1 is 0.920 bits per heavy atom. The Hall–Kier alpha value is -3.41. The van der Waals surface area contributed by atoms with Gasteiger partial charge in [0.1, 0.15) is 5.52 Å². The second-order valence-corrected chi connectivity index (χ2v) is 5.84. The molecule has 0 bridgehead atoms. The highest BCUT2D eigenvalue weighted by atomic mass is 16.2. The number of nitrogens with one attached hydrogen (secondary N) is 1. The molecule has 124 valence electrons. The van der Waals surface area contributed by atoms with E-state index < -0.39 is 5.69 Å². The molecule has 2 heterocycles. The Bertz CT molecular complexity index is 1100. The van der Waals surface area contributed by atoms with Crippen molar-refractivity contribution < 1.29 is 0 Å². The molecule has 25 heavy (non-hydrogen) atoms. The van der Waals surface area contributed by atoms with Crippen molar-refractivity contribution in [1.29, 1.82) is 0 Å². The Morgan fingerprint density at radius 3 is 2.04 bits per heavy atom. The molecule has 0 aliphatic heterocycles. The third kappa shape index (κ3) is 2.39. The van der Waals surface area contributed by atoms with Gasteiger partial charge >= 0.3 is 5.69 Å². The maximum atomic E-state index is 13.0. The molecule has 0 saturated heterocycles. The van der Waals surface area contributed by atoms with Gasteiger partial charge < -0.3 is 4.98 Å². The van der Waals surface area contributed by atoms with Crippen molar-refractivity contribution in [1.82, 2.24) is 19.1 Å². The Balaban J connectivity index is 2.12. The molecule has 0 spiro atoms. The molecule has 6 heteroatoms. The molecule has 0 amide bonds. The van der Waals surface area contributed by atoms with Gasteiger partial charge in [0.2, 0.25) is 0 Å². The second kappa shape index (κ2) is 5.90. The summed E-state index contributed by atoms with van der Waals surface area (Å²) in [5.41, 5.74) is 1.78. The van der Waals surface area contributed by atoms with Crippen molar-refractivity contribution in [2.75, 3.05) is 0 Å². The smallest absolute Gasteiger partial charge is 0.333 e. The second-order valence-electron chi connectivity index (χ2n) is 5.84. The molecule has 1 N–H and O–H groups in total. The van der Waals surface area contributed by atoms with Gasteiger partial charge in [-0.05, 0) is 11.1 Å². The van der Waals surface area contributed by atoms with E-state index >= 15 is 0 Å². The number of benzene rings is 2. The van der Waals surface area contributed by atoms with Crippen LogP contribution in [0.1, 0.15) is 17.2 Å². The third-order valence-electron chi connectivity index (χ3n) is 4.35. The first-order chi connectivity index (χ1) is 12.2. The third-order valence-corrected chi connectivity index (χ3v) is 4.35. The number of imidazole rings is 1. The van der Waals surface area contributed by atoms with E-state index in [0.29, 0.717) is 11.2 Å². The van der Waals surface area contributed by atoms with Crippen LogP contribution in [0.4, 0.5) is 0 Å². The van der Waals surface area contributed by atoms with Crippen LogP contribution in [0.5, 0.6) is 0 Å². The summed E-state index contributed by atoms with van der Waals surface area (Å²) in [5.74, 6) is 0. The van der Waals surface area contributed by atoms with Crippen molar-refractivity contribution >= 4 is 11.2 Å². The summed E-state index contributed by atoms with van der Waals surface area (Å²) < 4.78 is 2.68. The number of hydrogen-bond acceptors (Lipinski definition) is 3. The molecule has 0 saturated carbocycles. The van der Waals surface area contributed by atoms with E-state index in [1.54, 1.807) is 4.57 Å². The van der Waals surface area contributed by atoms with Gasteiger partial charge in [-0.25, -0.2) is 9.78 Å². The molecular weight excluding hydrogens is 316 g/mol. The molecule has 2 aromatic carbocycles. The molecule has 4 aromatic rings. The van der Waals surface area contributed by atoms with Crippen LogP contribution < -0.4 is 11.2 Å². The molecule has 0 aliphatic carbocycles. The molecule has 4 rings (SSSR count). The van der Waals surface area contributed by atoms with Gasteiger partial charge in [0, 0.05) is 7.05 Å². The fraction of sp³-hybridized carbons (Fsp3) is 0.105. The van der Waals surface area contributed by atoms with Gasteiger partial charge in [0.05, 0.1) is 12.4 Å². The van der Waals surface area contributed by atoms with E-state index in [0.717, 1.165) is 15.7 Å². The minimum atomic E-state index is -0.401.